The van der Waals surface area contributed by atoms with Crippen LogP contribution in [0.15, 0.2) is 48.5 Å². The lowest BCUT2D eigenvalue weighted by atomic mass is 9.85. The second-order valence-corrected chi connectivity index (χ2v) is 7.89. The molecule has 3 atom stereocenters. The van der Waals surface area contributed by atoms with Crippen LogP contribution in [-0.2, 0) is 11.2 Å². The lowest BCUT2D eigenvalue weighted by Gasteiger charge is -2.25. The largest absolute Gasteiger partial charge is 0.396 e. The monoisotopic (exact) mass is 396 g/mol. The summed E-state index contributed by atoms with van der Waals surface area (Å²) in [4.78, 5) is 12.4. The molecule has 1 amide bonds. The van der Waals surface area contributed by atoms with Gasteiger partial charge in [-0.15, -0.1) is 0 Å². The van der Waals surface area contributed by atoms with Gasteiger partial charge >= 0.3 is 0 Å². The van der Waals surface area contributed by atoms with Crippen molar-refractivity contribution in [2.45, 2.75) is 50.7 Å². The number of aliphatic hydroxyl groups excluding tert-OH is 2. The molecule has 0 spiro atoms. The van der Waals surface area contributed by atoms with Gasteiger partial charge in [0.15, 0.2) is 0 Å². The van der Waals surface area contributed by atoms with Crippen LogP contribution in [0.3, 0.4) is 0 Å². The van der Waals surface area contributed by atoms with E-state index in [1.165, 1.54) is 0 Å². The van der Waals surface area contributed by atoms with E-state index >= 15 is 0 Å². The van der Waals surface area contributed by atoms with Gasteiger partial charge in [-0.2, -0.15) is 0 Å². The van der Waals surface area contributed by atoms with E-state index in [4.69, 9.17) is 0 Å². The molecular formula is C24H32N2O3. The Labute approximate surface area is 173 Å². The Kier molecular flexibility index (Phi) is 7.81. The number of aryl methyl sites for hydroxylation is 1. The second-order valence-electron chi connectivity index (χ2n) is 7.89. The summed E-state index contributed by atoms with van der Waals surface area (Å²) in [5, 5.41) is 27.3. The third-order valence-corrected chi connectivity index (χ3v) is 5.74. The molecule has 2 aromatic carbocycles. The standard InChI is InChI=1S/C24H32N2O3/c1-17-10-11-18(12-14-26-24(29)22-9-5-6-13-25-22)20(15-17)21(16-27)23(28)19-7-3-2-4-8-19/h2-4,7-8,10-11,15,21-23,25,27-28H,5-6,9,12-14,16H2,1H3,(H,26,29)/t21-,22?,23-/m1/s1. The molecular weight excluding hydrogens is 364 g/mol. The van der Waals surface area contributed by atoms with Crippen LogP contribution < -0.4 is 10.6 Å². The van der Waals surface area contributed by atoms with Crippen molar-refractivity contribution >= 4 is 5.91 Å². The molecule has 1 heterocycles. The highest BCUT2D eigenvalue weighted by atomic mass is 16.3. The fourth-order valence-electron chi connectivity index (χ4n) is 4.06. The molecule has 1 fully saturated rings. The molecule has 2 aromatic rings. The first-order valence-electron chi connectivity index (χ1n) is 10.5. The summed E-state index contributed by atoms with van der Waals surface area (Å²) in [7, 11) is 0. The summed E-state index contributed by atoms with van der Waals surface area (Å²) >= 11 is 0. The van der Waals surface area contributed by atoms with E-state index in [2.05, 4.69) is 10.6 Å². The summed E-state index contributed by atoms with van der Waals surface area (Å²) in [5.41, 5.74) is 3.85. The quantitative estimate of drug-likeness (QED) is 0.553. The number of piperidine rings is 1. The van der Waals surface area contributed by atoms with Crippen molar-refractivity contribution in [1.82, 2.24) is 10.6 Å². The van der Waals surface area contributed by atoms with Crippen molar-refractivity contribution in [2.24, 2.45) is 0 Å². The van der Waals surface area contributed by atoms with Crippen LogP contribution in [0.2, 0.25) is 0 Å². The number of benzene rings is 2. The smallest absolute Gasteiger partial charge is 0.237 e. The molecule has 3 rings (SSSR count). The first-order valence-corrected chi connectivity index (χ1v) is 10.5. The van der Waals surface area contributed by atoms with Crippen LogP contribution in [0.25, 0.3) is 0 Å². The molecule has 0 aliphatic carbocycles. The molecule has 0 bridgehead atoms. The first kappa shape index (κ1) is 21.5. The predicted octanol–water partition coefficient (Wildman–Crippen LogP) is 2.61. The van der Waals surface area contributed by atoms with Gasteiger partial charge in [-0.1, -0.05) is 60.5 Å². The van der Waals surface area contributed by atoms with E-state index in [0.29, 0.717) is 13.0 Å². The lowest BCUT2D eigenvalue weighted by molar-refractivity contribution is -0.123. The fraction of sp³-hybridized carbons (Fsp3) is 0.458. The predicted molar refractivity (Wildman–Crippen MR) is 115 cm³/mol. The average Bonchev–Trinajstić information content (AvgIpc) is 2.76. The van der Waals surface area contributed by atoms with Gasteiger partial charge in [0.25, 0.3) is 0 Å². The van der Waals surface area contributed by atoms with Crippen molar-refractivity contribution < 1.29 is 15.0 Å². The molecule has 1 unspecified atom stereocenters. The van der Waals surface area contributed by atoms with Gasteiger partial charge < -0.3 is 20.8 Å². The zero-order valence-corrected chi connectivity index (χ0v) is 17.1. The third kappa shape index (κ3) is 5.66. The zero-order valence-electron chi connectivity index (χ0n) is 17.1. The number of rotatable bonds is 8. The summed E-state index contributed by atoms with van der Waals surface area (Å²) in [6, 6.07) is 15.5. The minimum atomic E-state index is -0.789. The number of hydrogen-bond acceptors (Lipinski definition) is 4. The van der Waals surface area contributed by atoms with Crippen molar-refractivity contribution in [2.75, 3.05) is 19.7 Å². The minimum absolute atomic E-state index is 0.0568. The van der Waals surface area contributed by atoms with Gasteiger partial charge in [-0.3, -0.25) is 4.79 Å². The molecule has 5 heteroatoms. The molecule has 5 nitrogen and oxygen atoms in total. The highest BCUT2D eigenvalue weighted by molar-refractivity contribution is 5.81. The maximum atomic E-state index is 12.4. The van der Waals surface area contributed by atoms with E-state index in [0.717, 1.165) is 48.1 Å². The third-order valence-electron chi connectivity index (χ3n) is 5.74. The summed E-state index contributed by atoms with van der Waals surface area (Å²) in [5.74, 6) is -0.357. The Morgan fingerprint density at radius 2 is 2.00 bits per heavy atom. The van der Waals surface area contributed by atoms with E-state index < -0.39 is 12.0 Å². The Hall–Kier alpha value is -2.21. The SMILES string of the molecule is Cc1ccc(CCNC(=O)C2CCCCN2)c([C@@H](CO)[C@H](O)c2ccccc2)c1. The van der Waals surface area contributed by atoms with E-state index in [1.807, 2.05) is 55.5 Å². The number of amides is 1. The maximum Gasteiger partial charge on any atom is 0.237 e. The fourth-order valence-corrected chi connectivity index (χ4v) is 4.06. The van der Waals surface area contributed by atoms with Crippen LogP contribution in [0, 0.1) is 6.92 Å². The minimum Gasteiger partial charge on any atom is -0.396 e. The van der Waals surface area contributed by atoms with Gasteiger partial charge in [0, 0.05) is 12.5 Å². The second kappa shape index (κ2) is 10.5. The molecule has 29 heavy (non-hydrogen) atoms. The van der Waals surface area contributed by atoms with Crippen LogP contribution in [0.4, 0.5) is 0 Å². The zero-order chi connectivity index (χ0) is 20.6. The van der Waals surface area contributed by atoms with Gasteiger partial charge in [-0.25, -0.2) is 0 Å². The van der Waals surface area contributed by atoms with E-state index in [-0.39, 0.29) is 18.6 Å². The number of aliphatic hydroxyl groups is 2. The topological polar surface area (TPSA) is 81.6 Å². The van der Waals surface area contributed by atoms with Gasteiger partial charge in [0.1, 0.15) is 0 Å². The molecule has 0 saturated carbocycles. The van der Waals surface area contributed by atoms with E-state index in [9.17, 15) is 15.0 Å². The van der Waals surface area contributed by atoms with Crippen LogP contribution in [-0.4, -0.2) is 41.9 Å². The van der Waals surface area contributed by atoms with Crippen LogP contribution >= 0.6 is 0 Å². The molecule has 156 valence electrons. The van der Waals surface area contributed by atoms with Crippen molar-refractivity contribution in [1.29, 1.82) is 0 Å². The molecule has 0 aromatic heterocycles. The number of nitrogens with one attached hydrogen (secondary N) is 2. The molecule has 0 radical (unpaired) electrons. The Morgan fingerprint density at radius 1 is 1.21 bits per heavy atom. The molecule has 1 saturated heterocycles. The normalized spacial score (nSPS) is 18.8. The average molecular weight is 397 g/mol. The number of carbonyl (C=O) groups excluding carboxylic acids is 1. The Bertz CT molecular complexity index is 788. The maximum absolute atomic E-state index is 12.4. The first-order chi connectivity index (χ1) is 14.1. The summed E-state index contributed by atoms with van der Waals surface area (Å²) < 4.78 is 0. The number of carbonyl (C=O) groups is 1. The van der Waals surface area contributed by atoms with E-state index in [1.54, 1.807) is 0 Å². The van der Waals surface area contributed by atoms with Crippen molar-refractivity contribution in [3.05, 3.63) is 70.8 Å². The Morgan fingerprint density at radius 3 is 2.69 bits per heavy atom. The molecule has 4 N–H and O–H groups in total. The Balaban J connectivity index is 1.70. The molecule has 1 aliphatic rings. The van der Waals surface area contributed by atoms with Gasteiger partial charge in [-0.05, 0) is 49.4 Å². The van der Waals surface area contributed by atoms with Crippen LogP contribution in [0.5, 0.6) is 0 Å². The summed E-state index contributed by atoms with van der Waals surface area (Å²) in [6.45, 7) is 3.29. The lowest BCUT2D eigenvalue weighted by Crippen LogP contribution is -2.47. The summed E-state index contributed by atoms with van der Waals surface area (Å²) in [6.07, 6.45) is 2.97. The van der Waals surface area contributed by atoms with Crippen LogP contribution in [0.1, 0.15) is 53.5 Å². The van der Waals surface area contributed by atoms with Crippen molar-refractivity contribution in [3.63, 3.8) is 0 Å². The highest BCUT2D eigenvalue weighted by Crippen LogP contribution is 2.33. The van der Waals surface area contributed by atoms with Gasteiger partial charge in [0.2, 0.25) is 5.91 Å². The van der Waals surface area contributed by atoms with Crippen molar-refractivity contribution in [3.8, 4) is 0 Å². The van der Waals surface area contributed by atoms with Gasteiger partial charge in [0.05, 0.1) is 18.8 Å². The molecule has 1 aliphatic heterocycles. The highest BCUT2D eigenvalue weighted by Gasteiger charge is 2.25. The number of hydrogen-bond donors (Lipinski definition) is 4.